The van der Waals surface area contributed by atoms with Gasteiger partial charge in [-0.25, -0.2) is 0 Å². The van der Waals surface area contributed by atoms with Crippen LogP contribution in [-0.2, 0) is 4.79 Å². The highest BCUT2D eigenvalue weighted by molar-refractivity contribution is 6.03. The van der Waals surface area contributed by atoms with E-state index in [1.807, 2.05) is 5.32 Å². The Morgan fingerprint density at radius 1 is 1.47 bits per heavy atom. The van der Waals surface area contributed by atoms with Crippen LogP contribution in [0.15, 0.2) is 18.3 Å². The third-order valence-electron chi connectivity index (χ3n) is 1.49. The smallest absolute Gasteiger partial charge is 0.358 e. The summed E-state index contributed by atoms with van der Waals surface area (Å²) in [5, 5.41) is 12.3. The van der Waals surface area contributed by atoms with Gasteiger partial charge in [0, 0.05) is 13.0 Å². The van der Waals surface area contributed by atoms with E-state index >= 15 is 0 Å². The molecule has 0 fully saturated rings. The fourth-order valence-electron chi connectivity index (χ4n) is 0.860. The molecule has 1 aromatic heterocycles. The number of nitrogens with zero attached hydrogens (tertiary/aromatic N) is 2. The highest BCUT2D eigenvalue weighted by Gasteiger charge is 2.12. The third kappa shape index (κ3) is 2.83. The molecule has 2 amide bonds. The highest BCUT2D eigenvalue weighted by Crippen LogP contribution is 2.06. The normalized spacial score (nSPS) is 9.40. The maximum absolute atomic E-state index is 11.2. The Balaban J connectivity index is 2.84. The van der Waals surface area contributed by atoms with Gasteiger partial charge in [0.2, 0.25) is 5.91 Å². The van der Waals surface area contributed by atoms with Gasteiger partial charge >= 0.3 is 5.82 Å². The Morgan fingerprint density at radius 3 is 2.53 bits per heavy atom. The molecule has 1 heterocycles. The van der Waals surface area contributed by atoms with Gasteiger partial charge in [0.15, 0.2) is 6.20 Å². The lowest BCUT2D eigenvalue weighted by Gasteiger charge is -1.98. The number of hydrogen-bond donors (Lipinski definition) is 1. The fourth-order valence-corrected chi connectivity index (χ4v) is 0.860. The molecule has 78 valence electrons. The van der Waals surface area contributed by atoms with Gasteiger partial charge in [-0.2, -0.15) is 0 Å². The molecule has 1 N–H and O–H groups in total. The average Bonchev–Trinajstić information content (AvgIpc) is 2.17. The summed E-state index contributed by atoms with van der Waals surface area (Å²) < 4.78 is 0. The fraction of sp³-hybridized carbons (Fsp3) is 0.125. The summed E-state index contributed by atoms with van der Waals surface area (Å²) in [6, 6.07) is 2.32. The number of nitro groups is 1. The first-order chi connectivity index (χ1) is 7.00. The van der Waals surface area contributed by atoms with E-state index in [0.29, 0.717) is 0 Å². The van der Waals surface area contributed by atoms with Crippen molar-refractivity contribution >= 4 is 17.6 Å². The lowest BCUT2D eigenvalue weighted by molar-refractivity contribution is -0.389. The van der Waals surface area contributed by atoms with Crippen molar-refractivity contribution in [1.82, 2.24) is 10.3 Å². The monoisotopic (exact) mass is 209 g/mol. The van der Waals surface area contributed by atoms with Crippen LogP contribution in [0, 0.1) is 10.1 Å². The maximum atomic E-state index is 11.2. The molecule has 0 aliphatic rings. The maximum Gasteiger partial charge on any atom is 0.363 e. The second-order valence-corrected chi connectivity index (χ2v) is 2.67. The third-order valence-corrected chi connectivity index (χ3v) is 1.49. The molecule has 0 bridgehead atoms. The molecule has 7 nitrogen and oxygen atoms in total. The summed E-state index contributed by atoms with van der Waals surface area (Å²) >= 11 is 0. The lowest BCUT2D eigenvalue weighted by atomic mass is 10.2. The summed E-state index contributed by atoms with van der Waals surface area (Å²) in [5.41, 5.74) is 0.0933. The summed E-state index contributed by atoms with van der Waals surface area (Å²) in [6.07, 6.45) is 1.04. The Hall–Kier alpha value is -2.31. The quantitative estimate of drug-likeness (QED) is 0.556. The van der Waals surface area contributed by atoms with Gasteiger partial charge in [-0.15, -0.1) is 0 Å². The van der Waals surface area contributed by atoms with Gasteiger partial charge < -0.3 is 10.1 Å². The number of rotatable bonds is 2. The van der Waals surface area contributed by atoms with E-state index in [4.69, 9.17) is 0 Å². The van der Waals surface area contributed by atoms with E-state index in [1.54, 1.807) is 0 Å². The number of hydrogen-bond acceptors (Lipinski definition) is 5. The lowest BCUT2D eigenvalue weighted by Crippen LogP contribution is -2.27. The van der Waals surface area contributed by atoms with E-state index in [2.05, 4.69) is 4.98 Å². The van der Waals surface area contributed by atoms with Gasteiger partial charge in [-0.1, -0.05) is 0 Å². The van der Waals surface area contributed by atoms with Crippen molar-refractivity contribution in [2.75, 3.05) is 0 Å². The minimum absolute atomic E-state index is 0.0933. The number of carbonyl (C=O) groups excluding carboxylic acids is 2. The molecule has 0 saturated carbocycles. The zero-order chi connectivity index (χ0) is 11.4. The van der Waals surface area contributed by atoms with E-state index in [1.165, 1.54) is 13.0 Å². The van der Waals surface area contributed by atoms with E-state index in [9.17, 15) is 19.7 Å². The van der Waals surface area contributed by atoms with Crippen LogP contribution in [0.2, 0.25) is 0 Å². The molecule has 0 aliphatic heterocycles. The standard InChI is InChI=1S/C8H7N3O4/c1-5(12)10-8(13)6-2-3-7(9-4-6)11(14)15/h2-4H,1H3,(H,10,12,13). The van der Waals surface area contributed by atoms with Gasteiger partial charge in [0.25, 0.3) is 5.91 Å². The summed E-state index contributed by atoms with van der Waals surface area (Å²) in [6.45, 7) is 1.19. The van der Waals surface area contributed by atoms with Crippen molar-refractivity contribution in [1.29, 1.82) is 0 Å². The minimum Gasteiger partial charge on any atom is -0.358 e. The molecule has 0 unspecified atom stereocenters. The zero-order valence-corrected chi connectivity index (χ0v) is 7.76. The van der Waals surface area contributed by atoms with Gasteiger partial charge in [0.05, 0.1) is 5.56 Å². The molecule has 0 aromatic carbocycles. The first-order valence-electron chi connectivity index (χ1n) is 3.93. The molecular weight excluding hydrogens is 202 g/mol. The number of amides is 2. The average molecular weight is 209 g/mol. The number of aromatic nitrogens is 1. The first kappa shape index (κ1) is 10.8. The molecule has 0 spiro atoms. The number of carbonyl (C=O) groups is 2. The molecule has 7 heteroatoms. The van der Waals surface area contributed by atoms with Crippen LogP contribution in [0.3, 0.4) is 0 Å². The highest BCUT2D eigenvalue weighted by atomic mass is 16.6. The number of nitrogens with one attached hydrogen (secondary N) is 1. The first-order valence-corrected chi connectivity index (χ1v) is 3.93. The summed E-state index contributed by atoms with van der Waals surface area (Å²) in [7, 11) is 0. The van der Waals surface area contributed by atoms with Crippen LogP contribution in [0.1, 0.15) is 17.3 Å². The predicted octanol–water partition coefficient (Wildman–Crippen LogP) is 0.266. The molecule has 1 aromatic rings. The van der Waals surface area contributed by atoms with Crippen LogP contribution >= 0.6 is 0 Å². The molecule has 1 rings (SSSR count). The van der Waals surface area contributed by atoms with Crippen molar-refractivity contribution in [3.8, 4) is 0 Å². The Morgan fingerprint density at radius 2 is 2.13 bits per heavy atom. The largest absolute Gasteiger partial charge is 0.363 e. The van der Waals surface area contributed by atoms with Crippen molar-refractivity contribution in [3.05, 3.63) is 34.0 Å². The molecule has 0 radical (unpaired) electrons. The van der Waals surface area contributed by atoms with Gasteiger partial charge in [-0.3, -0.25) is 14.9 Å². The molecule has 15 heavy (non-hydrogen) atoms. The van der Waals surface area contributed by atoms with Gasteiger partial charge in [-0.05, 0) is 16.0 Å². The van der Waals surface area contributed by atoms with Crippen LogP contribution < -0.4 is 5.32 Å². The van der Waals surface area contributed by atoms with E-state index in [0.717, 1.165) is 12.3 Å². The van der Waals surface area contributed by atoms with Crippen LogP contribution in [0.25, 0.3) is 0 Å². The van der Waals surface area contributed by atoms with Crippen molar-refractivity contribution in [2.24, 2.45) is 0 Å². The molecular formula is C8H7N3O4. The Bertz CT molecular complexity index is 412. The molecule has 0 atom stereocenters. The van der Waals surface area contributed by atoms with Crippen molar-refractivity contribution in [2.45, 2.75) is 6.92 Å². The summed E-state index contributed by atoms with van der Waals surface area (Å²) in [5.74, 6) is -1.49. The Labute approximate surface area is 84.3 Å². The number of imide groups is 1. The van der Waals surface area contributed by atoms with Crippen LogP contribution in [-0.4, -0.2) is 21.7 Å². The van der Waals surface area contributed by atoms with Crippen LogP contribution in [0.5, 0.6) is 0 Å². The Kier molecular flexibility index (Phi) is 3.06. The van der Waals surface area contributed by atoms with Gasteiger partial charge in [0.1, 0.15) is 0 Å². The van der Waals surface area contributed by atoms with Crippen molar-refractivity contribution in [3.63, 3.8) is 0 Å². The molecule has 0 aliphatic carbocycles. The number of pyridine rings is 1. The SMILES string of the molecule is CC(=O)NC(=O)c1ccc([N+](=O)[O-])nc1. The summed E-state index contributed by atoms with van der Waals surface area (Å²) in [4.78, 5) is 34.7. The topological polar surface area (TPSA) is 102 Å². The second-order valence-electron chi connectivity index (χ2n) is 2.67. The zero-order valence-electron chi connectivity index (χ0n) is 7.76. The molecule has 0 saturated heterocycles. The second kappa shape index (κ2) is 4.27. The van der Waals surface area contributed by atoms with E-state index < -0.39 is 16.7 Å². The minimum atomic E-state index is -0.674. The van der Waals surface area contributed by atoms with E-state index in [-0.39, 0.29) is 11.4 Å². The van der Waals surface area contributed by atoms with Crippen LogP contribution in [0.4, 0.5) is 5.82 Å². The predicted molar refractivity (Wildman–Crippen MR) is 49.0 cm³/mol. The van der Waals surface area contributed by atoms with Crippen molar-refractivity contribution < 1.29 is 14.5 Å².